The molecular formula is C21H16F5NO2. The van der Waals surface area contributed by atoms with Gasteiger partial charge in [-0.05, 0) is 30.7 Å². The third kappa shape index (κ3) is 3.11. The zero-order valence-electron chi connectivity index (χ0n) is 15.5. The monoisotopic (exact) mass is 409 g/mol. The number of halogens is 5. The summed E-state index contributed by atoms with van der Waals surface area (Å²) in [5.74, 6) is -4.10. The molecule has 0 N–H and O–H groups in total. The van der Waals surface area contributed by atoms with Gasteiger partial charge in [0.25, 0.3) is 0 Å². The molecule has 3 nitrogen and oxygen atoms in total. The standard InChI is InChI=1S/C21H16F5NO2/c1-11-14(7-12-5-3-4-6-17(12)27-11)18(20(10-29-20)21(24,25)26)15-8-13(22)9-16(23)19(15)28-2/h3-9,18H,10H2,1-2H3. The topological polar surface area (TPSA) is 34.6 Å². The quantitative estimate of drug-likeness (QED) is 0.434. The predicted molar refractivity (Wildman–Crippen MR) is 96.0 cm³/mol. The van der Waals surface area contributed by atoms with Gasteiger partial charge in [0.1, 0.15) is 5.82 Å². The van der Waals surface area contributed by atoms with Gasteiger partial charge in [-0.3, -0.25) is 4.98 Å². The number of hydrogen-bond donors (Lipinski definition) is 0. The molecule has 1 aliphatic heterocycles. The number of hydrogen-bond acceptors (Lipinski definition) is 3. The summed E-state index contributed by atoms with van der Waals surface area (Å²) >= 11 is 0. The maximum Gasteiger partial charge on any atom is 0.420 e. The van der Waals surface area contributed by atoms with Gasteiger partial charge in [0.2, 0.25) is 0 Å². The second-order valence-electron chi connectivity index (χ2n) is 6.97. The molecule has 0 amide bonds. The highest BCUT2D eigenvalue weighted by atomic mass is 19.4. The van der Waals surface area contributed by atoms with Crippen LogP contribution in [0.5, 0.6) is 5.75 Å². The summed E-state index contributed by atoms with van der Waals surface area (Å²) in [6, 6.07) is 9.91. The molecule has 0 radical (unpaired) electrons. The van der Waals surface area contributed by atoms with Crippen molar-refractivity contribution in [3.8, 4) is 5.75 Å². The Morgan fingerprint density at radius 2 is 1.79 bits per heavy atom. The third-order valence-corrected chi connectivity index (χ3v) is 5.22. The van der Waals surface area contributed by atoms with Gasteiger partial charge in [-0.15, -0.1) is 0 Å². The van der Waals surface area contributed by atoms with Crippen LogP contribution >= 0.6 is 0 Å². The molecule has 152 valence electrons. The van der Waals surface area contributed by atoms with Crippen LogP contribution in [0.15, 0.2) is 42.5 Å². The number of aromatic nitrogens is 1. The highest BCUT2D eigenvalue weighted by molar-refractivity contribution is 5.80. The first-order valence-electron chi connectivity index (χ1n) is 8.78. The molecule has 1 fully saturated rings. The van der Waals surface area contributed by atoms with E-state index in [-0.39, 0.29) is 11.1 Å². The van der Waals surface area contributed by atoms with Crippen LogP contribution in [0.2, 0.25) is 0 Å². The van der Waals surface area contributed by atoms with Crippen LogP contribution < -0.4 is 4.74 Å². The Kier molecular flexibility index (Phi) is 4.49. The average Bonchev–Trinajstić information content (AvgIpc) is 3.44. The fourth-order valence-electron chi connectivity index (χ4n) is 3.77. The van der Waals surface area contributed by atoms with Crippen molar-refractivity contribution in [3.63, 3.8) is 0 Å². The number of benzene rings is 2. The van der Waals surface area contributed by atoms with Gasteiger partial charge >= 0.3 is 6.18 Å². The number of nitrogens with zero attached hydrogens (tertiary/aromatic N) is 1. The van der Waals surface area contributed by atoms with Gasteiger partial charge < -0.3 is 9.47 Å². The predicted octanol–water partition coefficient (Wildman–Crippen LogP) is 5.29. The lowest BCUT2D eigenvalue weighted by Crippen LogP contribution is -2.40. The first kappa shape index (κ1) is 19.6. The van der Waals surface area contributed by atoms with Gasteiger partial charge in [-0.2, -0.15) is 13.2 Å². The summed E-state index contributed by atoms with van der Waals surface area (Å²) in [5, 5.41) is 0.604. The van der Waals surface area contributed by atoms with Crippen LogP contribution in [0.25, 0.3) is 10.9 Å². The number of epoxide rings is 1. The lowest BCUT2D eigenvalue weighted by Gasteiger charge is -2.29. The molecule has 1 aliphatic rings. The van der Waals surface area contributed by atoms with E-state index in [0.717, 1.165) is 13.2 Å². The number of para-hydroxylation sites is 1. The zero-order chi connectivity index (χ0) is 21.0. The van der Waals surface area contributed by atoms with Crippen molar-refractivity contribution in [2.24, 2.45) is 0 Å². The number of fused-ring (bicyclic) bond motifs is 1. The molecule has 2 unspecified atom stereocenters. The summed E-state index contributed by atoms with van der Waals surface area (Å²) < 4.78 is 80.4. The third-order valence-electron chi connectivity index (χ3n) is 5.22. The molecule has 2 atom stereocenters. The first-order valence-corrected chi connectivity index (χ1v) is 8.78. The number of ether oxygens (including phenoxy) is 2. The van der Waals surface area contributed by atoms with E-state index in [1.807, 2.05) is 0 Å². The number of rotatable bonds is 4. The molecule has 1 aromatic heterocycles. The molecule has 8 heteroatoms. The summed E-state index contributed by atoms with van der Waals surface area (Å²) in [6.07, 6.45) is -4.77. The van der Waals surface area contributed by atoms with Gasteiger partial charge in [0.05, 0.1) is 25.2 Å². The van der Waals surface area contributed by atoms with Gasteiger partial charge in [0, 0.05) is 22.7 Å². The van der Waals surface area contributed by atoms with Crippen molar-refractivity contribution in [2.45, 2.75) is 24.6 Å². The molecule has 3 aromatic rings. The number of pyridine rings is 1. The minimum Gasteiger partial charge on any atom is -0.493 e. The Morgan fingerprint density at radius 1 is 1.10 bits per heavy atom. The van der Waals surface area contributed by atoms with Crippen LogP contribution in [0.4, 0.5) is 22.0 Å². The molecule has 29 heavy (non-hydrogen) atoms. The fourth-order valence-corrected chi connectivity index (χ4v) is 3.77. The van der Waals surface area contributed by atoms with E-state index < -0.39 is 41.7 Å². The Hall–Kier alpha value is -2.74. The maximum atomic E-state index is 14.3. The van der Waals surface area contributed by atoms with E-state index >= 15 is 0 Å². The van der Waals surface area contributed by atoms with Gasteiger partial charge in [-0.25, -0.2) is 8.78 Å². The highest BCUT2D eigenvalue weighted by Crippen LogP contribution is 2.57. The summed E-state index contributed by atoms with van der Waals surface area (Å²) in [5.41, 5.74) is -1.82. The van der Waals surface area contributed by atoms with Crippen molar-refractivity contribution in [1.29, 1.82) is 0 Å². The lowest BCUT2D eigenvalue weighted by molar-refractivity contribution is -0.187. The SMILES string of the molecule is COc1c(F)cc(F)cc1C(c1cc2ccccc2nc1C)C1(C(F)(F)F)CO1. The van der Waals surface area contributed by atoms with Crippen molar-refractivity contribution >= 4 is 10.9 Å². The Bertz CT molecular complexity index is 1090. The van der Waals surface area contributed by atoms with Crippen molar-refractivity contribution in [1.82, 2.24) is 4.98 Å². The van der Waals surface area contributed by atoms with E-state index in [9.17, 15) is 22.0 Å². The summed E-state index contributed by atoms with van der Waals surface area (Å²) in [4.78, 5) is 4.39. The van der Waals surface area contributed by atoms with E-state index in [0.29, 0.717) is 22.7 Å². The molecular weight excluding hydrogens is 393 g/mol. The first-order chi connectivity index (χ1) is 13.7. The van der Waals surface area contributed by atoms with E-state index in [1.54, 1.807) is 37.3 Å². The molecule has 4 rings (SSSR count). The maximum absolute atomic E-state index is 14.3. The van der Waals surface area contributed by atoms with Crippen molar-refractivity contribution < 1.29 is 31.4 Å². The van der Waals surface area contributed by atoms with E-state index in [1.165, 1.54) is 0 Å². The molecule has 1 saturated heterocycles. The molecule has 2 heterocycles. The smallest absolute Gasteiger partial charge is 0.420 e. The minimum atomic E-state index is -4.77. The number of methoxy groups -OCH3 is 1. The van der Waals surface area contributed by atoms with Crippen molar-refractivity contribution in [3.05, 3.63) is 70.9 Å². The molecule has 2 aromatic carbocycles. The van der Waals surface area contributed by atoms with Crippen LogP contribution in [-0.4, -0.2) is 30.5 Å². The van der Waals surface area contributed by atoms with Crippen LogP contribution in [0, 0.1) is 18.6 Å². The second kappa shape index (κ2) is 6.66. The highest BCUT2D eigenvalue weighted by Gasteiger charge is 2.71. The van der Waals surface area contributed by atoms with Gasteiger partial charge in [0.15, 0.2) is 17.2 Å². The van der Waals surface area contributed by atoms with E-state index in [4.69, 9.17) is 9.47 Å². The Balaban J connectivity index is 2.04. The van der Waals surface area contributed by atoms with E-state index in [2.05, 4.69) is 4.98 Å². The van der Waals surface area contributed by atoms with Crippen LogP contribution in [-0.2, 0) is 4.74 Å². The van der Waals surface area contributed by atoms with Crippen molar-refractivity contribution in [2.75, 3.05) is 13.7 Å². The van der Waals surface area contributed by atoms with Crippen LogP contribution in [0.3, 0.4) is 0 Å². The minimum absolute atomic E-state index is 0.168. The number of aryl methyl sites for hydroxylation is 1. The Morgan fingerprint density at radius 3 is 2.41 bits per heavy atom. The summed E-state index contributed by atoms with van der Waals surface area (Å²) in [7, 11) is 1.12. The summed E-state index contributed by atoms with van der Waals surface area (Å²) in [6.45, 7) is 0.929. The zero-order valence-corrected chi connectivity index (χ0v) is 15.5. The Labute approximate surface area is 163 Å². The molecule has 0 aliphatic carbocycles. The van der Waals surface area contributed by atoms with Crippen LogP contribution in [0.1, 0.15) is 22.7 Å². The van der Waals surface area contributed by atoms with Gasteiger partial charge in [-0.1, -0.05) is 18.2 Å². The second-order valence-corrected chi connectivity index (χ2v) is 6.97. The normalized spacial score (nSPS) is 20.0. The largest absolute Gasteiger partial charge is 0.493 e. The molecule has 0 saturated carbocycles. The fraction of sp³-hybridized carbons (Fsp3) is 0.286. The lowest BCUT2D eigenvalue weighted by atomic mass is 9.78. The number of alkyl halides is 3. The average molecular weight is 409 g/mol. The molecule has 0 spiro atoms. The molecule has 0 bridgehead atoms.